The number of ketones is 1. The molecular weight excluding hydrogens is 212 g/mol. The van der Waals surface area contributed by atoms with E-state index in [1.807, 2.05) is 33.2 Å². The lowest BCUT2D eigenvalue weighted by Crippen LogP contribution is -2.20. The van der Waals surface area contributed by atoms with Crippen LogP contribution in [-0.4, -0.2) is 15.3 Å². The van der Waals surface area contributed by atoms with E-state index in [-0.39, 0.29) is 5.41 Å². The third-order valence-electron chi connectivity index (χ3n) is 2.91. The van der Waals surface area contributed by atoms with E-state index >= 15 is 0 Å². The van der Waals surface area contributed by atoms with Crippen LogP contribution in [0, 0.1) is 5.41 Å². The molecule has 0 fully saturated rings. The van der Waals surface area contributed by atoms with Gasteiger partial charge in [0.15, 0.2) is 0 Å². The zero-order valence-electron chi connectivity index (χ0n) is 11.5. The van der Waals surface area contributed by atoms with Crippen LogP contribution in [0.25, 0.3) is 0 Å². The summed E-state index contributed by atoms with van der Waals surface area (Å²) >= 11 is 0. The minimum absolute atomic E-state index is 0.209. The highest BCUT2D eigenvalue weighted by atomic mass is 16.1. The molecule has 0 unspecified atom stereocenters. The minimum atomic E-state index is -0.209. The van der Waals surface area contributed by atoms with Crippen LogP contribution in [0.5, 0.6) is 0 Å². The second kappa shape index (κ2) is 5.99. The van der Waals surface area contributed by atoms with Crippen molar-refractivity contribution in [1.82, 2.24) is 9.55 Å². The lowest BCUT2D eigenvalue weighted by Gasteiger charge is -2.16. The maximum absolute atomic E-state index is 11.8. The maximum Gasteiger partial charge on any atom is 0.138 e. The Morgan fingerprint density at radius 1 is 1.41 bits per heavy atom. The van der Waals surface area contributed by atoms with E-state index in [0.717, 1.165) is 31.6 Å². The molecular formula is C14H24N2O. The fraction of sp³-hybridized carbons (Fsp3) is 0.714. The van der Waals surface area contributed by atoms with Crippen LogP contribution in [0.2, 0.25) is 0 Å². The molecule has 1 heterocycles. The van der Waals surface area contributed by atoms with Gasteiger partial charge >= 0.3 is 0 Å². The van der Waals surface area contributed by atoms with Gasteiger partial charge in [-0.25, -0.2) is 4.98 Å². The SMILES string of the molecule is CCCn1ccnc1CCCC(=O)C(C)(C)C. The van der Waals surface area contributed by atoms with Gasteiger partial charge in [0.05, 0.1) is 0 Å². The first-order chi connectivity index (χ1) is 7.95. The lowest BCUT2D eigenvalue weighted by molar-refractivity contribution is -0.126. The molecule has 1 aromatic heterocycles. The molecule has 0 bridgehead atoms. The first-order valence-corrected chi connectivity index (χ1v) is 6.48. The largest absolute Gasteiger partial charge is 0.335 e. The zero-order chi connectivity index (χ0) is 12.9. The topological polar surface area (TPSA) is 34.9 Å². The number of rotatable bonds is 6. The Kier molecular flexibility index (Phi) is 4.91. The van der Waals surface area contributed by atoms with E-state index < -0.39 is 0 Å². The standard InChI is InChI=1S/C14H24N2O/c1-5-10-16-11-9-15-13(16)8-6-7-12(17)14(2,3)4/h9,11H,5-8,10H2,1-4H3. The van der Waals surface area contributed by atoms with Crippen LogP contribution in [0.4, 0.5) is 0 Å². The van der Waals surface area contributed by atoms with Gasteiger partial charge in [-0.05, 0) is 12.8 Å². The van der Waals surface area contributed by atoms with E-state index in [1.165, 1.54) is 0 Å². The summed E-state index contributed by atoms with van der Waals surface area (Å²) in [6, 6.07) is 0. The van der Waals surface area contributed by atoms with Gasteiger partial charge in [0.25, 0.3) is 0 Å². The van der Waals surface area contributed by atoms with Gasteiger partial charge in [0.1, 0.15) is 11.6 Å². The first kappa shape index (κ1) is 13.9. The lowest BCUT2D eigenvalue weighted by atomic mass is 9.88. The van der Waals surface area contributed by atoms with Crippen molar-refractivity contribution in [1.29, 1.82) is 0 Å². The summed E-state index contributed by atoms with van der Waals surface area (Å²) in [5, 5.41) is 0. The highest BCUT2D eigenvalue weighted by Gasteiger charge is 2.20. The Balaban J connectivity index is 2.41. The summed E-state index contributed by atoms with van der Waals surface area (Å²) in [4.78, 5) is 16.1. The molecule has 0 saturated heterocycles. The molecule has 1 aromatic rings. The predicted molar refractivity (Wildman–Crippen MR) is 69.9 cm³/mol. The summed E-state index contributed by atoms with van der Waals surface area (Å²) in [6.07, 6.45) is 7.43. The molecule has 0 atom stereocenters. The molecule has 0 radical (unpaired) electrons. The molecule has 3 heteroatoms. The van der Waals surface area contributed by atoms with E-state index in [0.29, 0.717) is 12.2 Å². The van der Waals surface area contributed by atoms with Gasteiger partial charge in [-0.15, -0.1) is 0 Å². The highest BCUT2D eigenvalue weighted by Crippen LogP contribution is 2.18. The Morgan fingerprint density at radius 3 is 2.71 bits per heavy atom. The fourth-order valence-corrected chi connectivity index (χ4v) is 1.79. The predicted octanol–water partition coefficient (Wildman–Crippen LogP) is 3.23. The monoisotopic (exact) mass is 236 g/mol. The van der Waals surface area contributed by atoms with Crippen molar-refractivity contribution in [3.05, 3.63) is 18.2 Å². The molecule has 1 rings (SSSR count). The number of carbonyl (C=O) groups excluding carboxylic acids is 1. The molecule has 0 aliphatic carbocycles. The number of hydrogen-bond acceptors (Lipinski definition) is 2. The summed E-state index contributed by atoms with van der Waals surface area (Å²) in [5.74, 6) is 1.44. The zero-order valence-corrected chi connectivity index (χ0v) is 11.5. The molecule has 0 saturated carbocycles. The summed E-state index contributed by atoms with van der Waals surface area (Å²) < 4.78 is 2.18. The van der Waals surface area contributed by atoms with Crippen molar-refractivity contribution in [2.24, 2.45) is 5.41 Å². The summed E-state index contributed by atoms with van der Waals surface area (Å²) in [7, 11) is 0. The second-order valence-corrected chi connectivity index (χ2v) is 5.56. The third kappa shape index (κ3) is 4.33. The van der Waals surface area contributed by atoms with E-state index in [2.05, 4.69) is 16.5 Å². The van der Waals surface area contributed by atoms with Gasteiger partial charge in [0, 0.05) is 37.2 Å². The Bertz CT molecular complexity index is 361. The van der Waals surface area contributed by atoms with Crippen molar-refractivity contribution in [2.45, 2.75) is 59.9 Å². The van der Waals surface area contributed by atoms with Gasteiger partial charge in [-0.1, -0.05) is 27.7 Å². The van der Waals surface area contributed by atoms with E-state index in [4.69, 9.17) is 0 Å². The Morgan fingerprint density at radius 2 is 2.12 bits per heavy atom. The minimum Gasteiger partial charge on any atom is -0.335 e. The summed E-state index contributed by atoms with van der Waals surface area (Å²) in [5.41, 5.74) is -0.209. The van der Waals surface area contributed by atoms with Crippen LogP contribution in [0.3, 0.4) is 0 Å². The quantitative estimate of drug-likeness (QED) is 0.760. The normalized spacial score (nSPS) is 11.8. The molecule has 17 heavy (non-hydrogen) atoms. The number of nitrogens with zero attached hydrogens (tertiary/aromatic N) is 2. The van der Waals surface area contributed by atoms with Crippen molar-refractivity contribution in [3.8, 4) is 0 Å². The smallest absolute Gasteiger partial charge is 0.138 e. The number of carbonyl (C=O) groups is 1. The Labute approximate surface area is 104 Å². The number of imidazole rings is 1. The molecule has 0 aliphatic heterocycles. The molecule has 0 N–H and O–H groups in total. The Hall–Kier alpha value is -1.12. The van der Waals surface area contributed by atoms with Gasteiger partial charge < -0.3 is 4.57 Å². The third-order valence-corrected chi connectivity index (χ3v) is 2.91. The van der Waals surface area contributed by atoms with Crippen LogP contribution < -0.4 is 0 Å². The van der Waals surface area contributed by atoms with Crippen LogP contribution in [-0.2, 0) is 17.8 Å². The number of Topliss-reactive ketones (excluding diaryl/α,β-unsaturated/α-hetero) is 1. The van der Waals surface area contributed by atoms with Gasteiger partial charge in [-0.3, -0.25) is 4.79 Å². The number of aromatic nitrogens is 2. The van der Waals surface area contributed by atoms with Crippen LogP contribution in [0.15, 0.2) is 12.4 Å². The first-order valence-electron chi connectivity index (χ1n) is 6.48. The van der Waals surface area contributed by atoms with Crippen molar-refractivity contribution < 1.29 is 4.79 Å². The van der Waals surface area contributed by atoms with Gasteiger partial charge in [0.2, 0.25) is 0 Å². The van der Waals surface area contributed by atoms with E-state index in [9.17, 15) is 4.79 Å². The van der Waals surface area contributed by atoms with Crippen molar-refractivity contribution >= 4 is 5.78 Å². The maximum atomic E-state index is 11.8. The fourth-order valence-electron chi connectivity index (χ4n) is 1.79. The average Bonchev–Trinajstić information content (AvgIpc) is 2.65. The van der Waals surface area contributed by atoms with E-state index in [1.54, 1.807) is 0 Å². The molecule has 0 spiro atoms. The van der Waals surface area contributed by atoms with Crippen LogP contribution >= 0.6 is 0 Å². The number of aryl methyl sites for hydroxylation is 2. The van der Waals surface area contributed by atoms with Crippen molar-refractivity contribution in [3.63, 3.8) is 0 Å². The van der Waals surface area contributed by atoms with Crippen molar-refractivity contribution in [2.75, 3.05) is 0 Å². The molecule has 3 nitrogen and oxygen atoms in total. The molecule has 0 amide bonds. The van der Waals surface area contributed by atoms with Crippen LogP contribution in [0.1, 0.15) is 52.8 Å². The highest BCUT2D eigenvalue weighted by molar-refractivity contribution is 5.83. The molecule has 96 valence electrons. The summed E-state index contributed by atoms with van der Waals surface area (Å²) in [6.45, 7) is 9.11. The number of hydrogen-bond donors (Lipinski definition) is 0. The molecule has 0 aromatic carbocycles. The average molecular weight is 236 g/mol. The molecule has 0 aliphatic rings. The second-order valence-electron chi connectivity index (χ2n) is 5.56. The van der Waals surface area contributed by atoms with Gasteiger partial charge in [-0.2, -0.15) is 0 Å².